The average Bonchev–Trinajstić information content (AvgIpc) is 3.10. The fourth-order valence-corrected chi connectivity index (χ4v) is 4.06. The van der Waals surface area contributed by atoms with Crippen molar-refractivity contribution >= 4 is 16.6 Å². The average molecular weight is 427 g/mol. The van der Waals surface area contributed by atoms with Gasteiger partial charge < -0.3 is 14.8 Å². The van der Waals surface area contributed by atoms with Gasteiger partial charge in [0.25, 0.3) is 5.56 Å². The van der Waals surface area contributed by atoms with Crippen LogP contribution in [0.3, 0.4) is 0 Å². The number of H-pyrrole nitrogens is 1. The Morgan fingerprint density at radius 1 is 1.03 bits per heavy atom. The van der Waals surface area contributed by atoms with Gasteiger partial charge in [0.1, 0.15) is 5.69 Å². The zero-order valence-corrected chi connectivity index (χ0v) is 16.8. The van der Waals surface area contributed by atoms with Crippen LogP contribution in [0.25, 0.3) is 27.8 Å². The zero-order chi connectivity index (χ0) is 21.8. The van der Waals surface area contributed by atoms with E-state index >= 15 is 0 Å². The number of pyridine rings is 1. The van der Waals surface area contributed by atoms with E-state index in [0.29, 0.717) is 30.0 Å². The van der Waals surface area contributed by atoms with Crippen LogP contribution in [0.5, 0.6) is 0 Å². The Labute approximate surface area is 175 Å². The molecule has 3 aliphatic heterocycles. The summed E-state index contributed by atoms with van der Waals surface area (Å²) in [5, 5.41) is 4.71. The van der Waals surface area contributed by atoms with Gasteiger partial charge in [-0.15, -0.1) is 0 Å². The Kier molecular flexibility index (Phi) is 4.51. The number of alkyl halides is 3. The van der Waals surface area contributed by atoms with Crippen molar-refractivity contribution in [3.63, 3.8) is 0 Å². The third-order valence-electron chi connectivity index (χ3n) is 5.78. The number of piperazine rings is 1. The number of rotatable bonds is 2. The minimum Gasteiger partial charge on any atom is -0.367 e. The molecule has 0 saturated carbocycles. The second-order valence-electron chi connectivity index (χ2n) is 7.81. The van der Waals surface area contributed by atoms with Crippen LogP contribution < -0.4 is 10.5 Å². The van der Waals surface area contributed by atoms with Gasteiger partial charge in [-0.1, -0.05) is 18.2 Å². The molecule has 1 N–H and O–H groups in total. The van der Waals surface area contributed by atoms with Gasteiger partial charge in [0.2, 0.25) is 0 Å². The lowest BCUT2D eigenvalue weighted by Crippen LogP contribution is -2.44. The molecule has 6 nitrogen and oxygen atoms in total. The fourth-order valence-electron chi connectivity index (χ4n) is 4.06. The summed E-state index contributed by atoms with van der Waals surface area (Å²) >= 11 is 0. The van der Waals surface area contributed by atoms with Gasteiger partial charge in [0.15, 0.2) is 0 Å². The summed E-state index contributed by atoms with van der Waals surface area (Å²) < 4.78 is 42.5. The molecule has 5 rings (SSSR count). The van der Waals surface area contributed by atoms with Gasteiger partial charge in [-0.2, -0.15) is 23.0 Å². The van der Waals surface area contributed by atoms with Gasteiger partial charge in [-0.25, -0.2) is 0 Å². The standard InChI is InChI=1S/C22H20F3N5O/c1-28-7-9-29(10-8-28)18-12-14(22(23,24)25)11-16-19-17(13-26-20(16)18)21(31)30(27-19)15-5-3-2-4-6-15/h2-6,11-13,26H,7-10H2,1H3. The molecule has 3 heterocycles. The van der Waals surface area contributed by atoms with Crippen molar-refractivity contribution in [3.05, 3.63) is 64.6 Å². The van der Waals surface area contributed by atoms with Crippen LogP contribution in [-0.4, -0.2) is 52.9 Å². The molecule has 0 amide bonds. The highest BCUT2D eigenvalue weighted by atomic mass is 19.4. The number of hydrogen-bond donors (Lipinski definition) is 1. The van der Waals surface area contributed by atoms with Crippen molar-refractivity contribution in [2.24, 2.45) is 0 Å². The van der Waals surface area contributed by atoms with E-state index in [2.05, 4.69) is 15.0 Å². The smallest absolute Gasteiger partial charge is 0.367 e. The van der Waals surface area contributed by atoms with Crippen molar-refractivity contribution in [1.82, 2.24) is 19.7 Å². The molecule has 160 valence electrons. The Bertz CT molecular complexity index is 1270. The molecule has 0 radical (unpaired) electrons. The highest BCUT2D eigenvalue weighted by Crippen LogP contribution is 2.39. The maximum absolute atomic E-state index is 13.8. The summed E-state index contributed by atoms with van der Waals surface area (Å²) in [4.78, 5) is 20.1. The minimum atomic E-state index is -4.51. The number of likely N-dealkylation sites (N-methyl/N-ethyl adjacent to an activating group) is 1. The predicted molar refractivity (Wildman–Crippen MR) is 113 cm³/mol. The first-order chi connectivity index (χ1) is 14.8. The molecular formula is C22H20F3N5O. The van der Waals surface area contributed by atoms with Crippen LogP contribution in [0.4, 0.5) is 18.9 Å². The molecule has 3 aliphatic rings. The van der Waals surface area contributed by atoms with Crippen molar-refractivity contribution in [2.75, 3.05) is 38.1 Å². The Morgan fingerprint density at radius 2 is 1.74 bits per heavy atom. The van der Waals surface area contributed by atoms with Gasteiger partial charge in [0, 0.05) is 37.8 Å². The molecule has 0 aromatic heterocycles. The second-order valence-corrected chi connectivity index (χ2v) is 7.81. The van der Waals surface area contributed by atoms with E-state index in [1.54, 1.807) is 30.5 Å². The maximum Gasteiger partial charge on any atom is 0.416 e. The quantitative estimate of drug-likeness (QED) is 0.531. The molecule has 1 fully saturated rings. The first-order valence-electron chi connectivity index (χ1n) is 9.97. The summed E-state index contributed by atoms with van der Waals surface area (Å²) in [5.41, 5.74) is 0.950. The number of nitrogens with zero attached hydrogens (tertiary/aromatic N) is 4. The second kappa shape index (κ2) is 7.12. The normalized spacial score (nSPS) is 15.8. The lowest BCUT2D eigenvalue weighted by Gasteiger charge is -2.35. The number of fused-ring (bicyclic) bond motifs is 3. The van der Waals surface area contributed by atoms with Crippen molar-refractivity contribution < 1.29 is 13.2 Å². The molecule has 2 aromatic carbocycles. The highest BCUT2D eigenvalue weighted by Gasteiger charge is 2.33. The summed E-state index contributed by atoms with van der Waals surface area (Å²) in [6.07, 6.45) is -2.97. The van der Waals surface area contributed by atoms with E-state index in [1.807, 2.05) is 18.0 Å². The summed E-state index contributed by atoms with van der Waals surface area (Å²) in [6, 6.07) is 11.1. The number of para-hydroxylation sites is 1. The summed E-state index contributed by atoms with van der Waals surface area (Å²) in [7, 11) is 1.99. The van der Waals surface area contributed by atoms with E-state index in [1.165, 1.54) is 10.7 Å². The number of anilines is 1. The zero-order valence-electron chi connectivity index (χ0n) is 16.8. The number of aromatic amines is 1. The molecule has 0 spiro atoms. The molecule has 0 atom stereocenters. The van der Waals surface area contributed by atoms with Gasteiger partial charge in [-0.05, 0) is 31.3 Å². The predicted octanol–water partition coefficient (Wildman–Crippen LogP) is 3.59. The maximum atomic E-state index is 13.8. The Balaban J connectivity index is 1.77. The summed E-state index contributed by atoms with van der Waals surface area (Å²) in [6.45, 7) is 2.74. The minimum absolute atomic E-state index is 0.250. The number of halogens is 3. The van der Waals surface area contributed by atoms with E-state index in [4.69, 9.17) is 0 Å². The van der Waals surface area contributed by atoms with Gasteiger partial charge in [0.05, 0.1) is 28.0 Å². The van der Waals surface area contributed by atoms with Crippen LogP contribution in [0.15, 0.2) is 53.5 Å². The number of benzene rings is 2. The monoisotopic (exact) mass is 427 g/mol. The molecule has 0 bridgehead atoms. The lowest BCUT2D eigenvalue weighted by atomic mass is 10.0. The van der Waals surface area contributed by atoms with E-state index in [0.717, 1.165) is 19.2 Å². The van der Waals surface area contributed by atoms with Gasteiger partial charge >= 0.3 is 6.18 Å². The number of nitrogens with one attached hydrogen (secondary N) is 1. The first-order valence-corrected chi connectivity index (χ1v) is 9.97. The molecule has 9 heteroatoms. The third-order valence-corrected chi connectivity index (χ3v) is 5.78. The van der Waals surface area contributed by atoms with Gasteiger partial charge in [-0.3, -0.25) is 4.79 Å². The van der Waals surface area contributed by atoms with Crippen molar-refractivity contribution in [1.29, 1.82) is 0 Å². The molecule has 2 aromatic rings. The van der Waals surface area contributed by atoms with Crippen LogP contribution in [0.1, 0.15) is 5.56 Å². The Hall–Kier alpha value is -3.33. The van der Waals surface area contributed by atoms with Crippen molar-refractivity contribution in [2.45, 2.75) is 6.18 Å². The molecular weight excluding hydrogens is 407 g/mol. The van der Waals surface area contributed by atoms with Crippen LogP contribution >= 0.6 is 0 Å². The lowest BCUT2D eigenvalue weighted by molar-refractivity contribution is -0.137. The fraction of sp³-hybridized carbons (Fsp3) is 0.273. The number of hydrogen-bond acceptors (Lipinski definition) is 4. The van der Waals surface area contributed by atoms with E-state index in [-0.39, 0.29) is 22.2 Å². The molecule has 1 saturated heterocycles. The summed E-state index contributed by atoms with van der Waals surface area (Å²) in [5.74, 6) is 0. The van der Waals surface area contributed by atoms with E-state index in [9.17, 15) is 18.0 Å². The molecule has 0 unspecified atom stereocenters. The topological polar surface area (TPSA) is 57.2 Å². The van der Waals surface area contributed by atoms with E-state index < -0.39 is 11.7 Å². The largest absolute Gasteiger partial charge is 0.416 e. The third kappa shape index (κ3) is 3.34. The number of aromatic nitrogens is 3. The Morgan fingerprint density at radius 3 is 2.42 bits per heavy atom. The van der Waals surface area contributed by atoms with Crippen molar-refractivity contribution in [3.8, 4) is 16.9 Å². The first kappa shape index (κ1) is 19.6. The van der Waals surface area contributed by atoms with Crippen LogP contribution in [-0.2, 0) is 6.18 Å². The van der Waals surface area contributed by atoms with Crippen LogP contribution in [0.2, 0.25) is 0 Å². The SMILES string of the molecule is CN1CCN(c2cc(C(F)(F)F)cc3c4nn(-c5ccccc5)c(=O)c-4c[nH]c23)CC1. The molecule has 31 heavy (non-hydrogen) atoms. The van der Waals surface area contributed by atoms with Crippen LogP contribution in [0, 0.1) is 0 Å². The molecule has 0 aliphatic carbocycles. The highest BCUT2D eigenvalue weighted by molar-refractivity contribution is 6.00.